The van der Waals surface area contributed by atoms with E-state index in [4.69, 9.17) is 22.1 Å². The Kier molecular flexibility index (Phi) is 7.45. The highest BCUT2D eigenvalue weighted by Gasteiger charge is 2.47. The summed E-state index contributed by atoms with van der Waals surface area (Å²) in [5.41, 5.74) is 7.47. The van der Waals surface area contributed by atoms with Gasteiger partial charge in [-0.3, -0.25) is 5.10 Å². The van der Waals surface area contributed by atoms with E-state index in [0.717, 1.165) is 54.0 Å². The van der Waals surface area contributed by atoms with E-state index >= 15 is 0 Å². The van der Waals surface area contributed by atoms with E-state index in [9.17, 15) is 0 Å². The fraction of sp³-hybridized carbons (Fsp3) is 0.385. The van der Waals surface area contributed by atoms with Gasteiger partial charge < -0.3 is 26.0 Å². The van der Waals surface area contributed by atoms with Gasteiger partial charge in [0.25, 0.3) is 0 Å². The van der Waals surface area contributed by atoms with Crippen LogP contribution in [-0.2, 0) is 4.74 Å². The minimum Gasteiger partial charge on any atom is -0.376 e. The second-order valence-electron chi connectivity index (χ2n) is 10.1. The highest BCUT2D eigenvalue weighted by atomic mass is 35.5. The molecule has 0 aliphatic carbocycles. The molecule has 0 unspecified atom stereocenters. The number of aryl methyl sites for hydroxylation is 1. The number of aromatic amines is 1. The minimum absolute atomic E-state index is 0.0749. The summed E-state index contributed by atoms with van der Waals surface area (Å²) >= 11 is 8.14. The zero-order valence-electron chi connectivity index (χ0n) is 22.1. The predicted molar refractivity (Wildman–Crippen MR) is 155 cm³/mol. The van der Waals surface area contributed by atoms with Crippen LogP contribution in [0.15, 0.2) is 52.9 Å². The maximum Gasteiger partial charge on any atom is 0.230 e. The molecule has 0 saturated carbocycles. The monoisotopic (exact) mass is 579 g/mol. The molecule has 208 valence electrons. The summed E-state index contributed by atoms with van der Waals surface area (Å²) < 4.78 is 5.84. The molecule has 1 spiro atoms. The molecular weight excluding hydrogens is 550 g/mol. The van der Waals surface area contributed by atoms with Crippen molar-refractivity contribution >= 4 is 52.6 Å². The van der Waals surface area contributed by atoms with Crippen molar-refractivity contribution in [2.24, 2.45) is 11.1 Å². The lowest BCUT2D eigenvalue weighted by Gasteiger charge is -2.41. The van der Waals surface area contributed by atoms with E-state index in [1.807, 2.05) is 25.3 Å². The Morgan fingerprint density at radius 2 is 1.93 bits per heavy atom. The zero-order valence-corrected chi connectivity index (χ0v) is 23.7. The molecule has 5 N–H and O–H groups in total. The fourth-order valence-electron chi connectivity index (χ4n) is 5.09. The number of halogens is 1. The Bertz CT molecular complexity index is 1480. The van der Waals surface area contributed by atoms with Crippen LogP contribution in [0.5, 0.6) is 0 Å². The van der Waals surface area contributed by atoms with Gasteiger partial charge in [0.2, 0.25) is 5.95 Å². The third-order valence-corrected chi connectivity index (χ3v) is 8.94. The molecule has 4 aromatic rings. The number of nitrogens with one attached hydrogen (secondary N) is 3. The Balaban J connectivity index is 1.09. The van der Waals surface area contributed by atoms with Gasteiger partial charge in [-0.05, 0) is 38.8 Å². The molecule has 6 rings (SSSR count). The minimum atomic E-state index is 0.0749. The van der Waals surface area contributed by atoms with E-state index in [2.05, 4.69) is 57.6 Å². The molecule has 14 heteroatoms. The summed E-state index contributed by atoms with van der Waals surface area (Å²) in [4.78, 5) is 25.5. The molecule has 0 aromatic carbocycles. The summed E-state index contributed by atoms with van der Waals surface area (Å²) in [5, 5.41) is 14.4. The number of pyridine rings is 1. The van der Waals surface area contributed by atoms with Crippen LogP contribution in [-0.4, -0.2) is 67.0 Å². The molecule has 2 aliphatic heterocycles. The van der Waals surface area contributed by atoms with Crippen molar-refractivity contribution in [1.29, 1.82) is 0 Å². The van der Waals surface area contributed by atoms with E-state index in [1.54, 1.807) is 24.7 Å². The summed E-state index contributed by atoms with van der Waals surface area (Å²) in [6.07, 6.45) is 9.02. The Morgan fingerprint density at radius 3 is 2.62 bits per heavy atom. The zero-order chi connectivity index (χ0) is 27.7. The molecule has 4 aromatic heterocycles. The number of hydrogen-bond acceptors (Lipinski definition) is 12. The first kappa shape index (κ1) is 26.7. The average Bonchev–Trinajstić information content (AvgIpc) is 3.49. The van der Waals surface area contributed by atoms with Crippen LogP contribution in [0.25, 0.3) is 0 Å². The third-order valence-electron chi connectivity index (χ3n) is 7.46. The summed E-state index contributed by atoms with van der Waals surface area (Å²) in [6.45, 7) is 6.50. The predicted octanol–water partition coefficient (Wildman–Crippen LogP) is 4.32. The van der Waals surface area contributed by atoms with Gasteiger partial charge in [0.1, 0.15) is 16.7 Å². The van der Waals surface area contributed by atoms with Gasteiger partial charge in [-0.1, -0.05) is 23.4 Å². The van der Waals surface area contributed by atoms with Crippen LogP contribution in [0.2, 0.25) is 5.02 Å². The number of hydrogen-bond donors (Lipinski definition) is 4. The summed E-state index contributed by atoms with van der Waals surface area (Å²) in [7, 11) is 0. The van der Waals surface area contributed by atoms with Gasteiger partial charge in [-0.25, -0.2) is 19.9 Å². The molecule has 12 nitrogen and oxygen atoms in total. The van der Waals surface area contributed by atoms with E-state index < -0.39 is 0 Å². The average molecular weight is 580 g/mol. The molecule has 0 radical (unpaired) electrons. The molecule has 2 fully saturated rings. The third kappa shape index (κ3) is 5.55. The van der Waals surface area contributed by atoms with Crippen molar-refractivity contribution < 1.29 is 4.74 Å². The number of anilines is 5. The number of rotatable bonds is 7. The van der Waals surface area contributed by atoms with Crippen LogP contribution in [0.3, 0.4) is 0 Å². The standard InChI is InChI=1S/C26H30ClN11OS/c1-15-11-19(37-36-15)35-25-30-8-4-18(34-25)33-24-22(27)17(3-7-29-24)40-21-13-31-20(12-32-21)38-9-5-26(6-10-38)14-39-16(2)23(26)28/h3-4,7-8,11-13,16,23H,5-6,9-10,14,28H2,1-2H3,(H3,29,30,33,34,35,36,37)/t16-,23+/m0/s1. The lowest BCUT2D eigenvalue weighted by Crippen LogP contribution is -2.50. The van der Waals surface area contributed by atoms with Crippen molar-refractivity contribution in [3.05, 3.63) is 53.7 Å². The van der Waals surface area contributed by atoms with Crippen molar-refractivity contribution in [2.45, 2.75) is 48.8 Å². The van der Waals surface area contributed by atoms with Gasteiger partial charge >= 0.3 is 0 Å². The number of aromatic nitrogens is 7. The first-order valence-corrected chi connectivity index (χ1v) is 14.2. The maximum atomic E-state index is 6.72. The van der Waals surface area contributed by atoms with Crippen molar-refractivity contribution in [1.82, 2.24) is 35.1 Å². The quantitative estimate of drug-likeness (QED) is 0.246. The highest BCUT2D eigenvalue weighted by Crippen LogP contribution is 2.42. The first-order chi connectivity index (χ1) is 19.4. The van der Waals surface area contributed by atoms with Crippen LogP contribution in [0, 0.1) is 12.3 Å². The van der Waals surface area contributed by atoms with Gasteiger partial charge in [0.15, 0.2) is 11.6 Å². The molecule has 2 atom stereocenters. The lowest BCUT2D eigenvalue weighted by molar-refractivity contribution is 0.0974. The number of piperidine rings is 1. The molecule has 2 aliphatic rings. The van der Waals surface area contributed by atoms with Crippen molar-refractivity contribution in [3.63, 3.8) is 0 Å². The number of nitrogens with two attached hydrogens (primary N) is 1. The molecule has 2 saturated heterocycles. The lowest BCUT2D eigenvalue weighted by atomic mass is 9.73. The van der Waals surface area contributed by atoms with E-state index in [-0.39, 0.29) is 17.6 Å². The maximum absolute atomic E-state index is 6.72. The summed E-state index contributed by atoms with van der Waals surface area (Å²) in [5.74, 6) is 2.89. The van der Waals surface area contributed by atoms with Crippen LogP contribution in [0.4, 0.5) is 29.2 Å². The SMILES string of the molecule is Cc1cc(Nc2nccc(Nc3nccc(Sc4cnc(N5CCC6(CC5)CO[C@@H](C)[C@H]6N)cn4)c3Cl)n2)n[nH]1. The van der Waals surface area contributed by atoms with Crippen LogP contribution in [0.1, 0.15) is 25.5 Å². The Hall–Kier alpha value is -3.52. The Labute approximate surface area is 240 Å². The van der Waals surface area contributed by atoms with Crippen molar-refractivity contribution in [3.8, 4) is 0 Å². The summed E-state index contributed by atoms with van der Waals surface area (Å²) in [6, 6.07) is 5.53. The van der Waals surface area contributed by atoms with Gasteiger partial charge in [0.05, 0.1) is 30.1 Å². The van der Waals surface area contributed by atoms with Gasteiger partial charge in [-0.15, -0.1) is 0 Å². The van der Waals surface area contributed by atoms with E-state index in [1.165, 1.54) is 11.8 Å². The number of nitrogens with zero attached hydrogens (tertiary/aromatic N) is 7. The number of ether oxygens (including phenoxy) is 1. The van der Waals surface area contributed by atoms with Crippen LogP contribution >= 0.6 is 23.4 Å². The highest BCUT2D eigenvalue weighted by molar-refractivity contribution is 7.99. The van der Waals surface area contributed by atoms with Gasteiger partial charge in [-0.2, -0.15) is 10.1 Å². The molecule has 0 amide bonds. The largest absolute Gasteiger partial charge is 0.376 e. The van der Waals surface area contributed by atoms with E-state index in [0.29, 0.717) is 28.4 Å². The second kappa shape index (κ2) is 11.2. The topological polar surface area (TPSA) is 156 Å². The smallest absolute Gasteiger partial charge is 0.230 e. The molecule has 0 bridgehead atoms. The fourth-order valence-corrected chi connectivity index (χ4v) is 6.12. The number of H-pyrrole nitrogens is 1. The second-order valence-corrected chi connectivity index (χ2v) is 11.6. The van der Waals surface area contributed by atoms with Gasteiger partial charge in [0, 0.05) is 53.6 Å². The Morgan fingerprint density at radius 1 is 1.10 bits per heavy atom. The van der Waals surface area contributed by atoms with Crippen molar-refractivity contribution in [2.75, 3.05) is 35.2 Å². The van der Waals surface area contributed by atoms with Crippen LogP contribution < -0.4 is 21.3 Å². The molecule has 40 heavy (non-hydrogen) atoms. The molecular formula is C26H30ClN11OS. The normalized spacial score (nSPS) is 20.1. The first-order valence-electron chi connectivity index (χ1n) is 13.0. The molecule has 6 heterocycles.